The molecule has 0 aliphatic rings. The van der Waals surface area contributed by atoms with E-state index in [0.717, 1.165) is 26.9 Å². The Morgan fingerprint density at radius 1 is 0.893 bits per heavy atom. The van der Waals surface area contributed by atoms with E-state index in [1.165, 1.54) is 6.92 Å². The number of nitrogens with one attached hydrogen (secondary N) is 1. The van der Waals surface area contributed by atoms with Crippen molar-refractivity contribution in [2.45, 2.75) is 19.6 Å². The predicted octanol–water partition coefficient (Wildman–Crippen LogP) is 0.459. The Kier molecular flexibility index (Phi) is 9.66. The number of benzene rings is 1. The minimum atomic E-state index is -1.41. The molecule has 28 heavy (non-hydrogen) atoms. The molecule has 154 valence electrons. The third-order valence-corrected chi connectivity index (χ3v) is 4.08. The maximum atomic E-state index is 12.2. The molecule has 9 heteroatoms. The van der Waals surface area contributed by atoms with Gasteiger partial charge in [-0.1, -0.05) is 37.3 Å². The second-order valence-corrected chi connectivity index (χ2v) is 5.93. The van der Waals surface area contributed by atoms with E-state index in [1.54, 1.807) is 0 Å². The molecule has 1 rings (SSSR count). The van der Waals surface area contributed by atoms with Crippen LogP contribution in [-0.4, -0.2) is 57.8 Å². The highest BCUT2D eigenvalue weighted by Crippen LogP contribution is 2.20. The fourth-order valence-electron chi connectivity index (χ4n) is 2.55. The molecule has 0 radical (unpaired) electrons. The van der Waals surface area contributed by atoms with Gasteiger partial charge in [0.05, 0.1) is 27.9 Å². The predicted molar refractivity (Wildman–Crippen MR) is 96.7 cm³/mol. The van der Waals surface area contributed by atoms with Crippen molar-refractivity contribution in [1.82, 2.24) is 5.32 Å². The molecule has 0 fully saturated rings. The van der Waals surface area contributed by atoms with Crippen LogP contribution in [-0.2, 0) is 44.7 Å². The van der Waals surface area contributed by atoms with Gasteiger partial charge in [0, 0.05) is 5.92 Å². The summed E-state index contributed by atoms with van der Waals surface area (Å²) in [5, 5.41) is 2.44. The van der Waals surface area contributed by atoms with Crippen LogP contribution in [0.3, 0.4) is 0 Å². The van der Waals surface area contributed by atoms with E-state index in [1.807, 2.05) is 30.3 Å². The highest BCUT2D eigenvalue weighted by molar-refractivity contribution is 5.96. The number of carbonyl (C=O) groups excluding carboxylic acids is 4. The summed E-state index contributed by atoms with van der Waals surface area (Å²) in [6, 6.07) is 7.95. The van der Waals surface area contributed by atoms with Gasteiger partial charge in [0.25, 0.3) is 0 Å². The van der Waals surface area contributed by atoms with Crippen LogP contribution in [0.5, 0.6) is 0 Å². The van der Waals surface area contributed by atoms with Crippen LogP contribution in [0.2, 0.25) is 0 Å². The standard InChI is InChI=1S/C19H25NO8/c1-12(15(17(22)25-2)18(23)26-3)16(19(24)27-4)20-14(21)11-28-10-13-8-6-5-7-9-13/h5-9,12,15-16H,10-11H2,1-4H3,(H,20,21)/t12-,16-/m1/s1. The highest BCUT2D eigenvalue weighted by Gasteiger charge is 2.42. The van der Waals surface area contributed by atoms with E-state index in [9.17, 15) is 19.2 Å². The second kappa shape index (κ2) is 11.7. The monoisotopic (exact) mass is 395 g/mol. The van der Waals surface area contributed by atoms with E-state index >= 15 is 0 Å². The summed E-state index contributed by atoms with van der Waals surface area (Å²) in [6.45, 7) is 1.32. The molecule has 1 aromatic carbocycles. The van der Waals surface area contributed by atoms with E-state index in [2.05, 4.69) is 19.5 Å². The van der Waals surface area contributed by atoms with Gasteiger partial charge >= 0.3 is 17.9 Å². The maximum absolute atomic E-state index is 12.2. The zero-order chi connectivity index (χ0) is 21.1. The van der Waals surface area contributed by atoms with Crippen LogP contribution in [0.4, 0.5) is 0 Å². The molecule has 0 aliphatic heterocycles. The van der Waals surface area contributed by atoms with Crippen LogP contribution in [0.1, 0.15) is 12.5 Å². The average Bonchev–Trinajstić information content (AvgIpc) is 2.71. The Hall–Kier alpha value is -2.94. The van der Waals surface area contributed by atoms with Crippen LogP contribution >= 0.6 is 0 Å². The van der Waals surface area contributed by atoms with Gasteiger partial charge in [-0.2, -0.15) is 0 Å². The molecule has 1 aromatic rings. The first-order valence-electron chi connectivity index (χ1n) is 8.50. The van der Waals surface area contributed by atoms with E-state index in [0.29, 0.717) is 0 Å². The van der Waals surface area contributed by atoms with Gasteiger partial charge in [-0.05, 0) is 5.56 Å². The van der Waals surface area contributed by atoms with Crippen molar-refractivity contribution in [2.75, 3.05) is 27.9 Å². The third kappa shape index (κ3) is 6.66. The lowest BCUT2D eigenvalue weighted by Crippen LogP contribution is -2.51. The second-order valence-electron chi connectivity index (χ2n) is 5.93. The van der Waals surface area contributed by atoms with Crippen molar-refractivity contribution in [3.05, 3.63) is 35.9 Å². The number of esters is 3. The smallest absolute Gasteiger partial charge is 0.328 e. The van der Waals surface area contributed by atoms with Crippen molar-refractivity contribution in [1.29, 1.82) is 0 Å². The molecule has 0 unspecified atom stereocenters. The largest absolute Gasteiger partial charge is 0.468 e. The van der Waals surface area contributed by atoms with Gasteiger partial charge in [0.1, 0.15) is 12.6 Å². The first-order valence-corrected chi connectivity index (χ1v) is 8.50. The zero-order valence-electron chi connectivity index (χ0n) is 16.3. The zero-order valence-corrected chi connectivity index (χ0v) is 16.3. The molecule has 0 aromatic heterocycles. The minimum absolute atomic E-state index is 0.208. The number of carbonyl (C=O) groups is 4. The number of methoxy groups -OCH3 is 3. The van der Waals surface area contributed by atoms with Gasteiger partial charge in [0.15, 0.2) is 5.92 Å². The summed E-state index contributed by atoms with van der Waals surface area (Å²) in [6.07, 6.45) is 0. The SMILES string of the molecule is COC(=O)C(C(=O)OC)[C@@H](C)[C@@H](NC(=O)COCc1ccccc1)C(=O)OC. The first kappa shape index (κ1) is 23.1. The van der Waals surface area contributed by atoms with Crippen molar-refractivity contribution in [3.8, 4) is 0 Å². The van der Waals surface area contributed by atoms with Gasteiger partial charge in [-0.25, -0.2) is 4.79 Å². The summed E-state index contributed by atoms with van der Waals surface area (Å²) in [5.74, 6) is -5.59. The maximum Gasteiger partial charge on any atom is 0.328 e. The van der Waals surface area contributed by atoms with Crippen LogP contribution in [0.15, 0.2) is 30.3 Å². The van der Waals surface area contributed by atoms with Crippen LogP contribution in [0, 0.1) is 11.8 Å². The summed E-state index contributed by atoms with van der Waals surface area (Å²) in [5.41, 5.74) is 0.879. The Balaban J connectivity index is 2.80. The normalized spacial score (nSPS) is 12.6. The minimum Gasteiger partial charge on any atom is -0.468 e. The summed E-state index contributed by atoms with van der Waals surface area (Å²) in [4.78, 5) is 48.3. The molecular formula is C19H25NO8. The van der Waals surface area contributed by atoms with Gasteiger partial charge in [0.2, 0.25) is 5.91 Å². The Labute approximate surface area is 163 Å². The number of amides is 1. The molecule has 0 saturated carbocycles. The number of rotatable bonds is 10. The summed E-state index contributed by atoms with van der Waals surface area (Å²) >= 11 is 0. The molecule has 0 bridgehead atoms. The molecule has 0 saturated heterocycles. The van der Waals surface area contributed by atoms with E-state index < -0.39 is 41.7 Å². The lowest BCUT2D eigenvalue weighted by atomic mass is 9.87. The quantitative estimate of drug-likeness (QED) is 0.345. The number of ether oxygens (including phenoxy) is 4. The molecule has 0 spiro atoms. The lowest BCUT2D eigenvalue weighted by Gasteiger charge is -2.27. The fourth-order valence-corrected chi connectivity index (χ4v) is 2.55. The van der Waals surface area contributed by atoms with Crippen molar-refractivity contribution < 1.29 is 38.1 Å². The van der Waals surface area contributed by atoms with Crippen LogP contribution in [0.25, 0.3) is 0 Å². The Bertz CT molecular complexity index is 660. The van der Waals surface area contributed by atoms with E-state index in [4.69, 9.17) is 4.74 Å². The fraction of sp³-hybridized carbons (Fsp3) is 0.474. The molecule has 2 atom stereocenters. The summed E-state index contributed by atoms with van der Waals surface area (Å²) < 4.78 is 19.2. The van der Waals surface area contributed by atoms with Gasteiger partial charge in [-0.3, -0.25) is 14.4 Å². The van der Waals surface area contributed by atoms with Crippen molar-refractivity contribution in [3.63, 3.8) is 0 Å². The molecule has 0 heterocycles. The molecule has 0 aliphatic carbocycles. The first-order chi connectivity index (χ1) is 13.3. The van der Waals surface area contributed by atoms with Crippen molar-refractivity contribution in [2.24, 2.45) is 11.8 Å². The molecule has 1 N–H and O–H groups in total. The number of hydrogen-bond acceptors (Lipinski definition) is 8. The number of hydrogen-bond donors (Lipinski definition) is 1. The topological polar surface area (TPSA) is 117 Å². The average molecular weight is 395 g/mol. The van der Waals surface area contributed by atoms with Gasteiger partial charge in [-0.15, -0.1) is 0 Å². The molecular weight excluding hydrogens is 370 g/mol. The lowest BCUT2D eigenvalue weighted by molar-refractivity contribution is -0.163. The Morgan fingerprint density at radius 3 is 1.93 bits per heavy atom. The van der Waals surface area contributed by atoms with E-state index in [-0.39, 0.29) is 13.2 Å². The van der Waals surface area contributed by atoms with Gasteiger partial charge < -0.3 is 24.3 Å². The highest BCUT2D eigenvalue weighted by atomic mass is 16.5. The molecule has 9 nitrogen and oxygen atoms in total. The third-order valence-electron chi connectivity index (χ3n) is 4.08. The van der Waals surface area contributed by atoms with Crippen molar-refractivity contribution >= 4 is 23.8 Å². The Morgan fingerprint density at radius 2 is 1.43 bits per heavy atom. The summed E-state index contributed by atoms with van der Waals surface area (Å²) in [7, 11) is 3.34. The van der Waals surface area contributed by atoms with Crippen LogP contribution < -0.4 is 5.32 Å². The molecule has 1 amide bonds.